The number of benzene rings is 1. The fraction of sp³-hybridized carbons (Fsp3) is 0.143. The van der Waals surface area contributed by atoms with Gasteiger partial charge in [0.15, 0.2) is 5.65 Å². The third-order valence-electron chi connectivity index (χ3n) is 3.05. The summed E-state index contributed by atoms with van der Waals surface area (Å²) in [5.74, 6) is 0.470. The van der Waals surface area contributed by atoms with Crippen molar-refractivity contribution in [1.82, 2.24) is 14.5 Å². The van der Waals surface area contributed by atoms with E-state index in [-0.39, 0.29) is 0 Å². The van der Waals surface area contributed by atoms with Crippen molar-refractivity contribution in [2.75, 3.05) is 5.73 Å². The van der Waals surface area contributed by atoms with Gasteiger partial charge in [-0.3, -0.25) is 4.57 Å². The molecule has 1 aromatic carbocycles. The molecule has 0 aliphatic rings. The van der Waals surface area contributed by atoms with E-state index in [2.05, 4.69) is 42.0 Å². The number of nitrogens with two attached hydrogens (primary N) is 1. The molecule has 18 heavy (non-hydrogen) atoms. The Hall–Kier alpha value is -2.36. The average molecular weight is 238 g/mol. The predicted octanol–water partition coefficient (Wildman–Crippen LogP) is 2.62. The van der Waals surface area contributed by atoms with Crippen LogP contribution in [0.1, 0.15) is 11.1 Å². The molecule has 0 atom stereocenters. The van der Waals surface area contributed by atoms with Crippen LogP contribution in [0.25, 0.3) is 16.9 Å². The van der Waals surface area contributed by atoms with E-state index in [1.807, 2.05) is 16.7 Å². The molecule has 0 amide bonds. The van der Waals surface area contributed by atoms with Gasteiger partial charge >= 0.3 is 0 Å². The van der Waals surface area contributed by atoms with Crippen molar-refractivity contribution in [3.05, 3.63) is 47.7 Å². The van der Waals surface area contributed by atoms with E-state index >= 15 is 0 Å². The number of aromatic nitrogens is 3. The number of nitrogens with zero attached hydrogens (tertiary/aromatic N) is 3. The lowest BCUT2D eigenvalue weighted by molar-refractivity contribution is 1.06. The van der Waals surface area contributed by atoms with Crippen molar-refractivity contribution >= 4 is 17.1 Å². The summed E-state index contributed by atoms with van der Waals surface area (Å²) in [6, 6.07) is 10.0. The smallest absolute Gasteiger partial charge is 0.207 e. The molecular weight excluding hydrogens is 224 g/mol. The van der Waals surface area contributed by atoms with Gasteiger partial charge in [0.1, 0.15) is 5.52 Å². The highest BCUT2D eigenvalue weighted by atomic mass is 15.2. The Bertz CT molecular complexity index is 728. The first-order chi connectivity index (χ1) is 8.66. The number of hydrogen-bond donors (Lipinski definition) is 1. The molecule has 3 aromatic rings. The lowest BCUT2D eigenvalue weighted by Crippen LogP contribution is -2.03. The number of pyridine rings is 1. The van der Waals surface area contributed by atoms with Crippen LogP contribution in [0.2, 0.25) is 0 Å². The molecule has 0 unspecified atom stereocenters. The Labute approximate surface area is 105 Å². The van der Waals surface area contributed by atoms with Crippen molar-refractivity contribution in [3.8, 4) is 5.69 Å². The minimum atomic E-state index is 0.470. The normalized spacial score (nSPS) is 11.0. The van der Waals surface area contributed by atoms with Gasteiger partial charge < -0.3 is 5.73 Å². The van der Waals surface area contributed by atoms with Crippen LogP contribution in [0.4, 0.5) is 5.95 Å². The van der Waals surface area contributed by atoms with Gasteiger partial charge in [-0.15, -0.1) is 0 Å². The number of hydrogen-bond acceptors (Lipinski definition) is 3. The van der Waals surface area contributed by atoms with Crippen molar-refractivity contribution < 1.29 is 0 Å². The van der Waals surface area contributed by atoms with E-state index in [1.165, 1.54) is 5.56 Å². The minimum absolute atomic E-state index is 0.470. The second kappa shape index (κ2) is 3.84. The Morgan fingerprint density at radius 1 is 1.17 bits per heavy atom. The molecule has 0 aliphatic heterocycles. The van der Waals surface area contributed by atoms with Gasteiger partial charge in [0.2, 0.25) is 5.95 Å². The lowest BCUT2D eigenvalue weighted by Gasteiger charge is -2.10. The second-order valence-electron chi connectivity index (χ2n) is 4.44. The van der Waals surface area contributed by atoms with Crippen LogP contribution in [0.3, 0.4) is 0 Å². The topological polar surface area (TPSA) is 56.7 Å². The molecule has 0 saturated carbocycles. The van der Waals surface area contributed by atoms with Crippen molar-refractivity contribution in [3.63, 3.8) is 0 Å². The van der Waals surface area contributed by atoms with Gasteiger partial charge in [-0.05, 0) is 43.2 Å². The van der Waals surface area contributed by atoms with E-state index in [4.69, 9.17) is 5.73 Å². The molecule has 2 N–H and O–H groups in total. The van der Waals surface area contributed by atoms with E-state index in [0.29, 0.717) is 5.95 Å². The van der Waals surface area contributed by atoms with Crippen LogP contribution in [-0.4, -0.2) is 14.5 Å². The van der Waals surface area contributed by atoms with Gasteiger partial charge in [-0.25, -0.2) is 9.97 Å². The van der Waals surface area contributed by atoms with Crippen LogP contribution < -0.4 is 5.73 Å². The average Bonchev–Trinajstić information content (AvgIpc) is 2.68. The summed E-state index contributed by atoms with van der Waals surface area (Å²) in [7, 11) is 0. The molecule has 4 heteroatoms. The molecule has 2 aromatic heterocycles. The van der Waals surface area contributed by atoms with Crippen molar-refractivity contribution in [1.29, 1.82) is 0 Å². The van der Waals surface area contributed by atoms with Gasteiger partial charge in [0.25, 0.3) is 0 Å². The van der Waals surface area contributed by atoms with Gasteiger partial charge in [0.05, 0.1) is 5.69 Å². The van der Waals surface area contributed by atoms with Crippen LogP contribution in [-0.2, 0) is 0 Å². The molecule has 0 spiro atoms. The standard InChI is InChI=1S/C14H14N4/c1-9-5-6-10(2)12(8-9)18-13-11(17-14(18)15)4-3-7-16-13/h3-8H,1-2H3,(H2,15,17). The predicted molar refractivity (Wildman–Crippen MR) is 72.8 cm³/mol. The zero-order valence-electron chi connectivity index (χ0n) is 10.4. The lowest BCUT2D eigenvalue weighted by atomic mass is 10.1. The second-order valence-corrected chi connectivity index (χ2v) is 4.44. The van der Waals surface area contributed by atoms with Crippen LogP contribution in [0, 0.1) is 13.8 Å². The summed E-state index contributed by atoms with van der Waals surface area (Å²) >= 11 is 0. The van der Waals surface area contributed by atoms with Crippen molar-refractivity contribution in [2.24, 2.45) is 0 Å². The summed E-state index contributed by atoms with van der Waals surface area (Å²) in [5, 5.41) is 0. The SMILES string of the molecule is Cc1ccc(C)c(-n2c(N)nc3cccnc32)c1. The maximum absolute atomic E-state index is 6.02. The van der Waals surface area contributed by atoms with E-state index in [0.717, 1.165) is 22.4 Å². The third kappa shape index (κ3) is 1.54. The van der Waals surface area contributed by atoms with E-state index in [9.17, 15) is 0 Å². The summed E-state index contributed by atoms with van der Waals surface area (Å²) in [6.45, 7) is 4.12. The summed E-state index contributed by atoms with van der Waals surface area (Å²) in [5.41, 5.74) is 11.0. The molecule has 4 nitrogen and oxygen atoms in total. The van der Waals surface area contributed by atoms with E-state index in [1.54, 1.807) is 6.20 Å². The Balaban J connectivity index is 2.37. The highest BCUT2D eigenvalue weighted by Gasteiger charge is 2.12. The Morgan fingerprint density at radius 3 is 2.83 bits per heavy atom. The quantitative estimate of drug-likeness (QED) is 0.709. The molecule has 90 valence electrons. The first-order valence-corrected chi connectivity index (χ1v) is 5.83. The monoisotopic (exact) mass is 238 g/mol. The zero-order valence-corrected chi connectivity index (χ0v) is 10.4. The third-order valence-corrected chi connectivity index (χ3v) is 3.05. The molecule has 2 heterocycles. The first kappa shape index (κ1) is 10.8. The van der Waals surface area contributed by atoms with Crippen LogP contribution >= 0.6 is 0 Å². The minimum Gasteiger partial charge on any atom is -0.369 e. The molecule has 3 rings (SSSR count). The molecule has 0 bridgehead atoms. The highest BCUT2D eigenvalue weighted by molar-refractivity contribution is 5.77. The van der Waals surface area contributed by atoms with Crippen molar-refractivity contribution in [2.45, 2.75) is 13.8 Å². The fourth-order valence-corrected chi connectivity index (χ4v) is 2.13. The molecule has 0 saturated heterocycles. The zero-order chi connectivity index (χ0) is 12.7. The molecule has 0 aliphatic carbocycles. The number of anilines is 1. The molecule has 0 fully saturated rings. The number of rotatable bonds is 1. The van der Waals surface area contributed by atoms with Crippen LogP contribution in [0.5, 0.6) is 0 Å². The summed E-state index contributed by atoms with van der Waals surface area (Å²) < 4.78 is 1.90. The largest absolute Gasteiger partial charge is 0.369 e. The van der Waals surface area contributed by atoms with Gasteiger partial charge in [-0.2, -0.15) is 0 Å². The van der Waals surface area contributed by atoms with Gasteiger partial charge in [-0.1, -0.05) is 12.1 Å². The van der Waals surface area contributed by atoms with E-state index < -0.39 is 0 Å². The van der Waals surface area contributed by atoms with Crippen LogP contribution in [0.15, 0.2) is 36.5 Å². The summed E-state index contributed by atoms with van der Waals surface area (Å²) in [6.07, 6.45) is 1.76. The molecular formula is C14H14N4. The summed E-state index contributed by atoms with van der Waals surface area (Å²) in [4.78, 5) is 8.71. The maximum atomic E-state index is 6.02. The highest BCUT2D eigenvalue weighted by Crippen LogP contribution is 2.24. The fourth-order valence-electron chi connectivity index (χ4n) is 2.13. The number of imidazole rings is 1. The number of aryl methyl sites for hydroxylation is 2. The Morgan fingerprint density at radius 2 is 2.00 bits per heavy atom. The number of fused-ring (bicyclic) bond motifs is 1. The first-order valence-electron chi connectivity index (χ1n) is 5.83. The maximum Gasteiger partial charge on any atom is 0.207 e. The number of nitrogen functional groups attached to an aromatic ring is 1. The van der Waals surface area contributed by atoms with Gasteiger partial charge in [0, 0.05) is 6.20 Å². The molecule has 0 radical (unpaired) electrons. The Kier molecular flexibility index (Phi) is 2.30.